The van der Waals surface area contributed by atoms with Crippen LogP contribution < -0.4 is 15.1 Å². The van der Waals surface area contributed by atoms with Crippen molar-refractivity contribution in [3.8, 4) is 5.75 Å². The molecule has 4 rings (SSSR count). The molecule has 150 valence electrons. The molecule has 1 aliphatic rings. The Labute approximate surface area is 171 Å². The van der Waals surface area contributed by atoms with Crippen LogP contribution in [0.5, 0.6) is 5.75 Å². The molecule has 0 bridgehead atoms. The van der Waals surface area contributed by atoms with Gasteiger partial charge in [0.1, 0.15) is 18.1 Å². The van der Waals surface area contributed by atoms with Gasteiger partial charge in [0.25, 0.3) is 0 Å². The van der Waals surface area contributed by atoms with Crippen molar-refractivity contribution in [1.29, 1.82) is 0 Å². The topological polar surface area (TPSA) is 45.9 Å². The molecule has 0 radical (unpaired) electrons. The lowest BCUT2D eigenvalue weighted by Crippen LogP contribution is -2.46. The number of hydrogen-bond donors (Lipinski definition) is 0. The highest BCUT2D eigenvalue weighted by Crippen LogP contribution is 2.20. The van der Waals surface area contributed by atoms with Crippen LogP contribution >= 0.6 is 0 Å². The minimum absolute atomic E-state index is 0.142. The highest BCUT2D eigenvalue weighted by Gasteiger charge is 2.19. The summed E-state index contributed by atoms with van der Waals surface area (Å²) in [4.78, 5) is 17.2. The molecule has 0 N–H and O–H groups in total. The van der Waals surface area contributed by atoms with E-state index in [9.17, 15) is 4.79 Å². The summed E-state index contributed by atoms with van der Waals surface area (Å²) in [5.74, 6) is 0.918. The van der Waals surface area contributed by atoms with E-state index in [2.05, 4.69) is 34.1 Å². The van der Waals surface area contributed by atoms with E-state index >= 15 is 0 Å². The average molecular weight is 390 g/mol. The summed E-state index contributed by atoms with van der Waals surface area (Å²) in [6.07, 6.45) is 1.23. The molecule has 5 nitrogen and oxygen atoms in total. The van der Waals surface area contributed by atoms with E-state index in [1.54, 1.807) is 6.07 Å². The zero-order valence-electron chi connectivity index (χ0n) is 16.7. The molecule has 0 saturated carbocycles. The van der Waals surface area contributed by atoms with Gasteiger partial charge in [0.2, 0.25) is 11.2 Å². The fourth-order valence-electron chi connectivity index (χ4n) is 3.61. The van der Waals surface area contributed by atoms with Gasteiger partial charge in [0.15, 0.2) is 0 Å². The van der Waals surface area contributed by atoms with Crippen molar-refractivity contribution in [3.63, 3.8) is 0 Å². The van der Waals surface area contributed by atoms with Crippen molar-refractivity contribution in [1.82, 2.24) is 4.90 Å². The molecule has 1 atom stereocenters. The quantitative estimate of drug-likeness (QED) is 0.634. The smallest absolute Gasteiger partial charge is 0.227 e. The van der Waals surface area contributed by atoms with Crippen molar-refractivity contribution < 1.29 is 9.15 Å². The minimum atomic E-state index is -0.212. The highest BCUT2D eigenvalue weighted by molar-refractivity contribution is 5.46. The third-order valence-corrected chi connectivity index (χ3v) is 5.30. The van der Waals surface area contributed by atoms with Gasteiger partial charge in [-0.15, -0.1) is 0 Å². The second-order valence-corrected chi connectivity index (χ2v) is 7.34. The zero-order valence-corrected chi connectivity index (χ0v) is 16.7. The highest BCUT2D eigenvalue weighted by atomic mass is 16.5. The van der Waals surface area contributed by atoms with Gasteiger partial charge in [0.05, 0.1) is 6.54 Å². The second kappa shape index (κ2) is 8.97. The first kappa shape index (κ1) is 19.3. The third-order valence-electron chi connectivity index (χ3n) is 5.30. The summed E-state index contributed by atoms with van der Waals surface area (Å²) in [6, 6.07) is 21.8. The number of piperazine rings is 1. The van der Waals surface area contributed by atoms with E-state index in [-0.39, 0.29) is 17.3 Å². The van der Waals surface area contributed by atoms with Crippen LogP contribution in [0, 0.1) is 0 Å². The Hall–Kier alpha value is -3.05. The normalized spacial score (nSPS) is 15.8. The molecular formula is C24H26N2O3. The lowest BCUT2D eigenvalue weighted by atomic mass is 10.1. The van der Waals surface area contributed by atoms with Gasteiger partial charge in [0, 0.05) is 37.9 Å². The van der Waals surface area contributed by atoms with Crippen molar-refractivity contribution in [2.24, 2.45) is 0 Å². The van der Waals surface area contributed by atoms with Crippen LogP contribution in [0.25, 0.3) is 0 Å². The molecule has 29 heavy (non-hydrogen) atoms. The zero-order chi connectivity index (χ0) is 20.1. The Morgan fingerprint density at radius 3 is 2.28 bits per heavy atom. The molecule has 2 aromatic carbocycles. The molecule has 5 heteroatoms. The van der Waals surface area contributed by atoms with Crippen LogP contribution in [0.4, 0.5) is 5.69 Å². The second-order valence-electron chi connectivity index (χ2n) is 7.34. The molecule has 3 aromatic rings. The van der Waals surface area contributed by atoms with Crippen molar-refractivity contribution >= 4 is 5.69 Å². The van der Waals surface area contributed by atoms with Crippen molar-refractivity contribution in [3.05, 3.63) is 94.5 Å². The minimum Gasteiger partial charge on any atom is -0.479 e. The number of benzene rings is 2. The van der Waals surface area contributed by atoms with Crippen LogP contribution in [0.2, 0.25) is 0 Å². The molecular weight excluding hydrogens is 364 g/mol. The maximum absolute atomic E-state index is 12.5. The summed E-state index contributed by atoms with van der Waals surface area (Å²) in [5.41, 5.74) is 2.14. The Morgan fingerprint density at radius 2 is 1.62 bits per heavy atom. The van der Waals surface area contributed by atoms with Gasteiger partial charge in [-0.2, -0.15) is 0 Å². The maximum Gasteiger partial charge on any atom is 0.227 e. The first-order valence-corrected chi connectivity index (χ1v) is 10.0. The molecule has 1 aromatic heterocycles. The Morgan fingerprint density at radius 1 is 0.966 bits per heavy atom. The SMILES string of the molecule is C[C@@H](Oc1coc(CN2CCN(c3ccccc3)CC2)cc1=O)c1ccccc1. The average Bonchev–Trinajstić information content (AvgIpc) is 2.77. The molecule has 0 aliphatic carbocycles. The molecule has 0 unspecified atom stereocenters. The monoisotopic (exact) mass is 390 g/mol. The fourth-order valence-corrected chi connectivity index (χ4v) is 3.61. The van der Waals surface area contributed by atoms with E-state index in [1.807, 2.05) is 43.3 Å². The van der Waals surface area contributed by atoms with Gasteiger partial charge in [-0.1, -0.05) is 48.5 Å². The van der Waals surface area contributed by atoms with Crippen LogP contribution in [-0.2, 0) is 6.54 Å². The van der Waals surface area contributed by atoms with E-state index in [1.165, 1.54) is 12.0 Å². The van der Waals surface area contributed by atoms with Crippen LogP contribution in [-0.4, -0.2) is 31.1 Å². The largest absolute Gasteiger partial charge is 0.479 e. The summed E-state index contributed by atoms with van der Waals surface area (Å²) in [5, 5.41) is 0. The Balaban J connectivity index is 1.33. The molecule has 2 heterocycles. The summed E-state index contributed by atoms with van der Waals surface area (Å²) in [7, 11) is 0. The van der Waals surface area contributed by atoms with E-state index in [0.717, 1.165) is 31.7 Å². The Bertz CT molecular complexity index is 964. The molecule has 1 aliphatic heterocycles. The van der Waals surface area contributed by atoms with Crippen LogP contribution in [0.15, 0.2) is 82.2 Å². The Kier molecular flexibility index (Phi) is 5.96. The van der Waals surface area contributed by atoms with Gasteiger partial charge in [-0.3, -0.25) is 9.69 Å². The predicted molar refractivity (Wildman–Crippen MR) is 114 cm³/mol. The first-order chi connectivity index (χ1) is 14.2. The van der Waals surface area contributed by atoms with Crippen LogP contribution in [0.3, 0.4) is 0 Å². The number of rotatable bonds is 6. The lowest BCUT2D eigenvalue weighted by molar-refractivity contribution is 0.207. The van der Waals surface area contributed by atoms with E-state index < -0.39 is 0 Å². The summed E-state index contributed by atoms with van der Waals surface area (Å²) >= 11 is 0. The number of anilines is 1. The van der Waals surface area contributed by atoms with Gasteiger partial charge in [-0.25, -0.2) is 0 Å². The number of ether oxygens (including phenoxy) is 1. The van der Waals surface area contributed by atoms with Gasteiger partial charge in [-0.05, 0) is 24.6 Å². The van der Waals surface area contributed by atoms with Crippen molar-refractivity contribution in [2.45, 2.75) is 19.6 Å². The summed E-state index contributed by atoms with van der Waals surface area (Å²) in [6.45, 7) is 6.35. The van der Waals surface area contributed by atoms with E-state index in [0.29, 0.717) is 12.3 Å². The molecule has 1 fully saturated rings. The van der Waals surface area contributed by atoms with Crippen molar-refractivity contribution in [2.75, 3.05) is 31.1 Å². The van der Waals surface area contributed by atoms with E-state index in [4.69, 9.17) is 9.15 Å². The molecule has 1 saturated heterocycles. The lowest BCUT2D eigenvalue weighted by Gasteiger charge is -2.35. The summed E-state index contributed by atoms with van der Waals surface area (Å²) < 4.78 is 11.5. The standard InChI is InChI=1S/C24H26N2O3/c1-19(20-8-4-2-5-9-20)29-24-18-28-22(16-23(24)27)17-25-12-14-26(15-13-25)21-10-6-3-7-11-21/h2-11,16,18-19H,12-15,17H2,1H3/t19-/m1/s1. The van der Waals surface area contributed by atoms with Gasteiger partial charge < -0.3 is 14.1 Å². The van der Waals surface area contributed by atoms with Gasteiger partial charge >= 0.3 is 0 Å². The fraction of sp³-hybridized carbons (Fsp3) is 0.292. The first-order valence-electron chi connectivity index (χ1n) is 10.0. The maximum atomic E-state index is 12.5. The predicted octanol–water partition coefficient (Wildman–Crippen LogP) is 4.10. The third kappa shape index (κ3) is 4.87. The number of hydrogen-bond acceptors (Lipinski definition) is 5. The molecule has 0 spiro atoms. The number of para-hydroxylation sites is 1. The molecule has 0 amide bonds. The number of nitrogens with zero attached hydrogens (tertiary/aromatic N) is 2. The van der Waals surface area contributed by atoms with Crippen LogP contribution in [0.1, 0.15) is 24.4 Å².